The van der Waals surface area contributed by atoms with Gasteiger partial charge in [-0.1, -0.05) is 12.1 Å². The van der Waals surface area contributed by atoms with E-state index in [9.17, 15) is 14.4 Å². The maximum Gasteiger partial charge on any atom is 0.338 e. The van der Waals surface area contributed by atoms with E-state index < -0.39 is 12.0 Å². The van der Waals surface area contributed by atoms with Gasteiger partial charge >= 0.3 is 18.0 Å². The Hall–Kier alpha value is -3.27. The zero-order valence-electron chi connectivity index (χ0n) is 21.3. The summed E-state index contributed by atoms with van der Waals surface area (Å²) in [5.74, 6) is 0.240. The van der Waals surface area contributed by atoms with Crippen molar-refractivity contribution < 1.29 is 23.9 Å². The third-order valence-corrected chi connectivity index (χ3v) is 6.14. The summed E-state index contributed by atoms with van der Waals surface area (Å²) in [6.45, 7) is 11.0. The molecule has 2 heterocycles. The number of benzene rings is 1. The summed E-state index contributed by atoms with van der Waals surface area (Å²) in [6.07, 6.45) is 0. The van der Waals surface area contributed by atoms with Crippen LogP contribution in [0.4, 0.5) is 9.59 Å². The molecule has 0 spiro atoms. The quantitative estimate of drug-likeness (QED) is 0.546. The molecule has 1 aromatic rings. The minimum absolute atomic E-state index is 0.0714. The number of hydrogen-bond acceptors (Lipinski definition) is 6. The average Bonchev–Trinajstić information content (AvgIpc) is 2.84. The number of rotatable bonds is 8. The van der Waals surface area contributed by atoms with Gasteiger partial charge in [0.05, 0.1) is 25.3 Å². The number of carbonyl (C=O) groups is 3. The summed E-state index contributed by atoms with van der Waals surface area (Å²) in [6, 6.07) is 6.40. The zero-order chi connectivity index (χ0) is 25.5. The molecule has 0 aliphatic carbocycles. The van der Waals surface area contributed by atoms with Crippen LogP contribution in [0.25, 0.3) is 0 Å². The molecule has 10 nitrogen and oxygen atoms in total. The van der Waals surface area contributed by atoms with Gasteiger partial charge in [0.2, 0.25) is 0 Å². The van der Waals surface area contributed by atoms with Crippen LogP contribution >= 0.6 is 0 Å². The fraction of sp³-hybridized carbons (Fsp3) is 0.560. The summed E-state index contributed by atoms with van der Waals surface area (Å²) in [5.41, 5.74) is 1.83. The fourth-order valence-corrected chi connectivity index (χ4v) is 4.36. The number of likely N-dealkylation sites (N-methyl/N-ethyl adjacent to an activating group) is 1. The lowest BCUT2D eigenvalue weighted by molar-refractivity contribution is -0.139. The van der Waals surface area contributed by atoms with E-state index in [-0.39, 0.29) is 24.7 Å². The highest BCUT2D eigenvalue weighted by atomic mass is 16.5. The molecule has 2 N–H and O–H groups in total. The first-order chi connectivity index (χ1) is 16.8. The lowest BCUT2D eigenvalue weighted by Gasteiger charge is -2.40. The van der Waals surface area contributed by atoms with Gasteiger partial charge in [0, 0.05) is 51.0 Å². The Morgan fingerprint density at radius 3 is 2.31 bits per heavy atom. The predicted octanol–water partition coefficient (Wildman–Crippen LogP) is 2.33. The monoisotopic (exact) mass is 487 g/mol. The van der Waals surface area contributed by atoms with Gasteiger partial charge in [0.25, 0.3) is 0 Å². The van der Waals surface area contributed by atoms with Crippen LogP contribution in [0.5, 0.6) is 5.75 Å². The number of urea groups is 2. The molecule has 2 aliphatic heterocycles. The number of nitrogens with zero attached hydrogens (tertiary/aromatic N) is 3. The van der Waals surface area contributed by atoms with E-state index >= 15 is 0 Å². The largest absolute Gasteiger partial charge is 0.497 e. The number of hydrogen-bond donors (Lipinski definition) is 2. The highest BCUT2D eigenvalue weighted by molar-refractivity contribution is 5.95. The Labute approximate surface area is 207 Å². The van der Waals surface area contributed by atoms with E-state index in [0.29, 0.717) is 56.3 Å². The van der Waals surface area contributed by atoms with E-state index in [2.05, 4.69) is 15.5 Å². The van der Waals surface area contributed by atoms with Crippen molar-refractivity contribution >= 4 is 18.0 Å². The highest BCUT2D eigenvalue weighted by Crippen LogP contribution is 2.33. The van der Waals surface area contributed by atoms with Crippen molar-refractivity contribution in [3.05, 3.63) is 41.1 Å². The molecule has 1 unspecified atom stereocenters. The molecule has 0 radical (unpaired) electrons. The van der Waals surface area contributed by atoms with Crippen LogP contribution in [0.15, 0.2) is 35.5 Å². The Balaban J connectivity index is 1.90. The summed E-state index contributed by atoms with van der Waals surface area (Å²) < 4.78 is 10.7. The van der Waals surface area contributed by atoms with E-state index in [0.717, 1.165) is 5.56 Å². The second-order valence-corrected chi connectivity index (χ2v) is 8.85. The van der Waals surface area contributed by atoms with Gasteiger partial charge in [0.1, 0.15) is 5.75 Å². The van der Waals surface area contributed by atoms with Crippen LogP contribution in [0.3, 0.4) is 0 Å². The van der Waals surface area contributed by atoms with E-state index in [1.165, 1.54) is 0 Å². The van der Waals surface area contributed by atoms with Crippen molar-refractivity contribution in [3.8, 4) is 5.75 Å². The molecule has 1 fully saturated rings. The van der Waals surface area contributed by atoms with Gasteiger partial charge in [-0.15, -0.1) is 0 Å². The Bertz CT molecular complexity index is 938. The molecule has 0 bridgehead atoms. The smallest absolute Gasteiger partial charge is 0.338 e. The summed E-state index contributed by atoms with van der Waals surface area (Å²) in [5, 5.41) is 5.90. The number of esters is 1. The number of amides is 4. The van der Waals surface area contributed by atoms with Crippen LogP contribution in [0, 0.1) is 0 Å². The first-order valence-corrected chi connectivity index (χ1v) is 12.2. The first-order valence-electron chi connectivity index (χ1n) is 12.2. The molecule has 0 aromatic heterocycles. The maximum atomic E-state index is 13.2. The number of nitrogens with one attached hydrogen (secondary N) is 2. The van der Waals surface area contributed by atoms with Gasteiger partial charge in [-0.3, -0.25) is 9.80 Å². The summed E-state index contributed by atoms with van der Waals surface area (Å²) >= 11 is 0. The Morgan fingerprint density at radius 2 is 1.77 bits per heavy atom. The van der Waals surface area contributed by atoms with Crippen molar-refractivity contribution in [1.29, 1.82) is 0 Å². The molecule has 3 rings (SSSR count). The van der Waals surface area contributed by atoms with Gasteiger partial charge in [-0.05, 0) is 45.4 Å². The SMILES string of the molecule is CCOC(=O)C1=C(CN2CCN(C(=O)NC(C)C)CC2)N(CC)C(=O)NC1c1ccc(OC)cc1. The third kappa shape index (κ3) is 6.25. The molecule has 192 valence electrons. The second kappa shape index (κ2) is 11.9. The molecule has 2 aliphatic rings. The fourth-order valence-electron chi connectivity index (χ4n) is 4.36. The molecule has 1 atom stereocenters. The van der Waals surface area contributed by atoms with E-state index in [1.54, 1.807) is 36.0 Å². The van der Waals surface area contributed by atoms with Crippen molar-refractivity contribution in [1.82, 2.24) is 25.3 Å². The third-order valence-electron chi connectivity index (χ3n) is 6.14. The molecule has 1 aromatic carbocycles. The zero-order valence-corrected chi connectivity index (χ0v) is 21.3. The normalized spacial score (nSPS) is 19.0. The summed E-state index contributed by atoms with van der Waals surface area (Å²) in [7, 11) is 1.59. The Morgan fingerprint density at radius 1 is 1.11 bits per heavy atom. The first kappa shape index (κ1) is 26.3. The Kier molecular flexibility index (Phi) is 8.97. The van der Waals surface area contributed by atoms with Gasteiger partial charge in [0.15, 0.2) is 0 Å². The van der Waals surface area contributed by atoms with Crippen LogP contribution in [0.1, 0.15) is 39.3 Å². The average molecular weight is 488 g/mol. The molecular formula is C25H37N5O5. The molecule has 10 heteroatoms. The van der Waals surface area contributed by atoms with Gasteiger partial charge < -0.3 is 25.0 Å². The van der Waals surface area contributed by atoms with Crippen molar-refractivity contribution in [3.63, 3.8) is 0 Å². The van der Waals surface area contributed by atoms with Gasteiger partial charge in [-0.25, -0.2) is 14.4 Å². The topological polar surface area (TPSA) is 103 Å². The minimum Gasteiger partial charge on any atom is -0.497 e. The molecule has 0 saturated carbocycles. The van der Waals surface area contributed by atoms with Crippen LogP contribution in [-0.2, 0) is 9.53 Å². The lowest BCUT2D eigenvalue weighted by Crippen LogP contribution is -2.55. The van der Waals surface area contributed by atoms with E-state index in [4.69, 9.17) is 9.47 Å². The number of piperazine rings is 1. The number of ether oxygens (including phenoxy) is 2. The minimum atomic E-state index is -0.636. The number of carbonyl (C=O) groups excluding carboxylic acids is 3. The highest BCUT2D eigenvalue weighted by Gasteiger charge is 2.38. The molecular weight excluding hydrogens is 450 g/mol. The number of methoxy groups -OCH3 is 1. The lowest BCUT2D eigenvalue weighted by atomic mass is 9.94. The molecule has 35 heavy (non-hydrogen) atoms. The predicted molar refractivity (Wildman–Crippen MR) is 132 cm³/mol. The summed E-state index contributed by atoms with van der Waals surface area (Å²) in [4.78, 5) is 44.2. The van der Waals surface area contributed by atoms with Crippen LogP contribution < -0.4 is 15.4 Å². The van der Waals surface area contributed by atoms with Crippen molar-refractivity contribution in [2.24, 2.45) is 0 Å². The molecule has 1 saturated heterocycles. The molecule has 4 amide bonds. The van der Waals surface area contributed by atoms with Crippen LogP contribution in [-0.4, -0.2) is 91.8 Å². The van der Waals surface area contributed by atoms with Crippen molar-refractivity contribution in [2.75, 3.05) is 53.0 Å². The van der Waals surface area contributed by atoms with Crippen LogP contribution in [0.2, 0.25) is 0 Å². The maximum absolute atomic E-state index is 13.2. The second-order valence-electron chi connectivity index (χ2n) is 8.85. The van der Waals surface area contributed by atoms with Crippen molar-refractivity contribution in [2.45, 2.75) is 39.8 Å². The standard InChI is InChI=1S/C25H37N5O5/c1-6-30-20(16-28-12-14-29(15-13-28)24(32)26-17(3)4)21(23(31)35-7-2)22(27-25(30)33)18-8-10-19(34-5)11-9-18/h8-11,17,22H,6-7,12-16H2,1-5H3,(H,26,32)(H,27,33). The van der Waals surface area contributed by atoms with Gasteiger partial charge in [-0.2, -0.15) is 0 Å². The van der Waals surface area contributed by atoms with E-state index in [1.807, 2.05) is 32.9 Å².